The lowest BCUT2D eigenvalue weighted by Crippen LogP contribution is -2.49. The average Bonchev–Trinajstić information content (AvgIpc) is 3.49. The topological polar surface area (TPSA) is 68.2 Å². The fourth-order valence-corrected chi connectivity index (χ4v) is 7.73. The number of para-hydroxylation sites is 2. The first-order valence-corrected chi connectivity index (χ1v) is 16.3. The van der Waals surface area contributed by atoms with Crippen LogP contribution in [0, 0.1) is 6.92 Å². The molecule has 3 aromatic carbocycles. The summed E-state index contributed by atoms with van der Waals surface area (Å²) in [4.78, 5) is 40.1. The minimum atomic E-state index is -0.951. The van der Waals surface area contributed by atoms with Gasteiger partial charge in [-0.25, -0.2) is 4.99 Å². The maximum atomic E-state index is 14.0. The molecule has 0 aliphatic carbocycles. The van der Waals surface area contributed by atoms with Crippen LogP contribution in [0.15, 0.2) is 96.0 Å². The highest BCUT2D eigenvalue weighted by Gasteiger charge is 2.53. The van der Waals surface area contributed by atoms with Crippen molar-refractivity contribution in [2.24, 2.45) is 4.99 Å². The Morgan fingerprint density at radius 2 is 1.45 bits per heavy atom. The number of likely N-dealkylation sites (tertiary alicyclic amines) is 1. The fourth-order valence-electron chi connectivity index (χ4n) is 6.81. The van der Waals surface area contributed by atoms with Crippen LogP contribution in [0.5, 0.6) is 0 Å². The molecule has 0 atom stereocenters. The number of fused-ring (bicyclic) bond motifs is 2. The zero-order valence-electron chi connectivity index (χ0n) is 25.0. The van der Waals surface area contributed by atoms with Crippen LogP contribution in [-0.4, -0.2) is 71.6 Å². The predicted molar refractivity (Wildman–Crippen MR) is 177 cm³/mol. The largest absolute Gasteiger partial charge is 0.353 e. The number of piperazine rings is 1. The van der Waals surface area contributed by atoms with Gasteiger partial charge >= 0.3 is 0 Å². The molecule has 2 saturated heterocycles. The number of nitrogens with one attached hydrogen (secondary N) is 1. The number of aryl methyl sites for hydroxylation is 1. The monoisotopic (exact) mass is 603 g/mol. The first-order chi connectivity index (χ1) is 21.5. The van der Waals surface area contributed by atoms with Gasteiger partial charge in [0.05, 0.1) is 16.9 Å². The third-order valence-electron chi connectivity index (χ3n) is 9.11. The molecule has 0 radical (unpaired) electrons. The Morgan fingerprint density at radius 3 is 2.16 bits per heavy atom. The number of anilines is 2. The summed E-state index contributed by atoms with van der Waals surface area (Å²) in [5.74, 6) is 0.865. The van der Waals surface area contributed by atoms with Crippen LogP contribution in [0.25, 0.3) is 0 Å². The minimum absolute atomic E-state index is 0.0837. The molecule has 7 rings (SSSR count). The van der Waals surface area contributed by atoms with Crippen molar-refractivity contribution in [3.05, 3.63) is 113 Å². The quantitative estimate of drug-likeness (QED) is 0.197. The first kappa shape index (κ1) is 28.5. The molecular weight excluding hydrogens is 566 g/mol. The summed E-state index contributed by atoms with van der Waals surface area (Å²) in [6.07, 6.45) is 1.91. The molecule has 0 saturated carbocycles. The Labute approximate surface area is 262 Å². The summed E-state index contributed by atoms with van der Waals surface area (Å²) in [5.41, 5.74) is 4.01. The second-order valence-corrected chi connectivity index (χ2v) is 13.1. The van der Waals surface area contributed by atoms with Gasteiger partial charge < -0.3 is 10.2 Å². The number of carbonyl (C=O) groups is 2. The van der Waals surface area contributed by atoms with Crippen LogP contribution in [0.4, 0.5) is 16.4 Å². The van der Waals surface area contributed by atoms with Crippen molar-refractivity contribution in [3.63, 3.8) is 0 Å². The zero-order chi connectivity index (χ0) is 30.1. The van der Waals surface area contributed by atoms with Gasteiger partial charge in [0.2, 0.25) is 11.8 Å². The van der Waals surface area contributed by atoms with Gasteiger partial charge in [-0.05, 0) is 55.6 Å². The second kappa shape index (κ2) is 12.0. The van der Waals surface area contributed by atoms with Gasteiger partial charge in [0.1, 0.15) is 16.3 Å². The Hall–Kier alpha value is -4.27. The highest BCUT2D eigenvalue weighted by molar-refractivity contribution is 7.16. The third kappa shape index (κ3) is 5.22. The van der Waals surface area contributed by atoms with E-state index in [-0.39, 0.29) is 18.2 Å². The van der Waals surface area contributed by atoms with Gasteiger partial charge in [-0.1, -0.05) is 72.8 Å². The Morgan fingerprint density at radius 1 is 0.818 bits per heavy atom. The number of nitrogens with zero attached hydrogens (tertiary/aromatic N) is 4. The van der Waals surface area contributed by atoms with E-state index in [4.69, 9.17) is 4.99 Å². The van der Waals surface area contributed by atoms with E-state index >= 15 is 0 Å². The van der Waals surface area contributed by atoms with Gasteiger partial charge in [-0.3, -0.25) is 19.4 Å². The van der Waals surface area contributed by atoms with Gasteiger partial charge in [0, 0.05) is 44.0 Å². The lowest BCUT2D eigenvalue weighted by Gasteiger charge is -2.36. The summed E-state index contributed by atoms with van der Waals surface area (Å²) >= 11 is 1.78. The molecule has 3 aliphatic heterocycles. The number of hydrogen-bond donors (Lipinski definition) is 1. The van der Waals surface area contributed by atoms with E-state index < -0.39 is 5.41 Å². The lowest BCUT2D eigenvalue weighted by atomic mass is 9.73. The highest BCUT2D eigenvalue weighted by Crippen LogP contribution is 2.43. The fraction of sp³-hybridized carbons (Fsp3) is 0.306. The van der Waals surface area contributed by atoms with Crippen LogP contribution in [0.2, 0.25) is 0 Å². The number of rotatable bonds is 7. The zero-order valence-corrected chi connectivity index (χ0v) is 25.9. The van der Waals surface area contributed by atoms with Crippen LogP contribution in [-0.2, 0) is 15.0 Å². The molecule has 44 heavy (non-hydrogen) atoms. The van der Waals surface area contributed by atoms with E-state index in [0.29, 0.717) is 6.54 Å². The number of benzene rings is 3. The molecule has 8 heteroatoms. The van der Waals surface area contributed by atoms with Crippen LogP contribution in [0.3, 0.4) is 0 Å². The third-order valence-corrected chi connectivity index (χ3v) is 10.1. The van der Waals surface area contributed by atoms with Gasteiger partial charge in [-0.15, -0.1) is 11.3 Å². The molecule has 224 valence electrons. The van der Waals surface area contributed by atoms with E-state index in [0.717, 1.165) is 78.9 Å². The molecule has 0 unspecified atom stereocenters. The molecule has 2 amide bonds. The summed E-state index contributed by atoms with van der Waals surface area (Å²) in [6.45, 7) is 7.30. The number of carbonyl (C=O) groups excluding carboxylic acids is 2. The minimum Gasteiger partial charge on any atom is -0.353 e. The second-order valence-electron chi connectivity index (χ2n) is 11.9. The Balaban J connectivity index is 0.968. The summed E-state index contributed by atoms with van der Waals surface area (Å²) < 4.78 is 0. The molecule has 1 aromatic heterocycles. The molecule has 0 spiro atoms. The van der Waals surface area contributed by atoms with Crippen molar-refractivity contribution < 1.29 is 9.59 Å². The van der Waals surface area contributed by atoms with Crippen molar-refractivity contribution >= 4 is 45.4 Å². The van der Waals surface area contributed by atoms with E-state index in [1.165, 1.54) is 15.3 Å². The Kier molecular flexibility index (Phi) is 7.78. The molecule has 2 fully saturated rings. The predicted octanol–water partition coefficient (Wildman–Crippen LogP) is 6.33. The molecule has 4 aromatic rings. The van der Waals surface area contributed by atoms with E-state index in [1.54, 1.807) is 11.3 Å². The smallest absolute Gasteiger partial charge is 0.244 e. The highest BCUT2D eigenvalue weighted by atomic mass is 32.1. The van der Waals surface area contributed by atoms with E-state index in [2.05, 4.69) is 40.2 Å². The molecule has 0 bridgehead atoms. The maximum Gasteiger partial charge on any atom is 0.244 e. The summed E-state index contributed by atoms with van der Waals surface area (Å²) in [5, 5.41) is 4.76. The van der Waals surface area contributed by atoms with Crippen molar-refractivity contribution in [2.45, 2.75) is 31.6 Å². The maximum absolute atomic E-state index is 14.0. The number of aliphatic imine (C=N–C) groups is 1. The standard InChI is InChI=1S/C36H37N5O2S/c1-26-24-29-33(37-30-16-8-9-17-31(30)38-34(29)44-26)40-22-20-39(21-23-40)18-10-11-19-41-32(42)25-36(35(41)43,27-12-4-2-5-13-27)28-14-6-3-7-15-28/h2-9,12-17,24,38H,10-11,18-23,25H2,1H3. The van der Waals surface area contributed by atoms with Crippen LogP contribution < -0.4 is 5.32 Å². The van der Waals surface area contributed by atoms with Crippen molar-refractivity contribution in [1.29, 1.82) is 0 Å². The normalized spacial score (nSPS) is 18.0. The first-order valence-electron chi connectivity index (χ1n) is 15.5. The number of imide groups is 1. The summed E-state index contributed by atoms with van der Waals surface area (Å²) in [7, 11) is 0. The number of unbranched alkanes of at least 4 members (excludes halogenated alkanes) is 1. The molecule has 1 N–H and O–H groups in total. The van der Waals surface area contributed by atoms with Crippen molar-refractivity contribution in [2.75, 3.05) is 44.6 Å². The molecular formula is C36H37N5O2S. The number of amides is 2. The van der Waals surface area contributed by atoms with Crippen LogP contribution >= 0.6 is 11.3 Å². The number of hydrogen-bond acceptors (Lipinski definition) is 7. The number of thiophene rings is 1. The van der Waals surface area contributed by atoms with Gasteiger partial charge in [0.15, 0.2) is 0 Å². The van der Waals surface area contributed by atoms with Gasteiger partial charge in [-0.2, -0.15) is 0 Å². The Bertz CT molecular complexity index is 1650. The molecule has 4 heterocycles. The van der Waals surface area contributed by atoms with Gasteiger partial charge in [0.25, 0.3) is 0 Å². The van der Waals surface area contributed by atoms with Crippen molar-refractivity contribution in [1.82, 2.24) is 14.7 Å². The SMILES string of the molecule is Cc1cc2c(s1)Nc1ccccc1N=C2N1CCN(CCCCN2C(=O)CC(c3ccccc3)(c3ccccc3)C2=O)CC1. The number of amidine groups is 1. The molecule has 3 aliphatic rings. The van der Waals surface area contributed by atoms with Crippen molar-refractivity contribution in [3.8, 4) is 0 Å². The average molecular weight is 604 g/mol. The molecule has 7 nitrogen and oxygen atoms in total. The van der Waals surface area contributed by atoms with E-state index in [1.807, 2.05) is 72.8 Å². The van der Waals surface area contributed by atoms with Crippen LogP contribution in [0.1, 0.15) is 40.8 Å². The lowest BCUT2D eigenvalue weighted by molar-refractivity contribution is -0.139. The van der Waals surface area contributed by atoms with E-state index in [9.17, 15) is 9.59 Å². The summed E-state index contributed by atoms with van der Waals surface area (Å²) in [6, 6.07) is 30.0.